The molecule has 276 valence electrons. The third kappa shape index (κ3) is 9.74. The molecule has 0 amide bonds. The van der Waals surface area contributed by atoms with E-state index in [9.17, 15) is 13.6 Å². The van der Waals surface area contributed by atoms with E-state index in [4.69, 9.17) is 40.0 Å². The van der Waals surface area contributed by atoms with Gasteiger partial charge in [0.2, 0.25) is 5.79 Å². The van der Waals surface area contributed by atoms with E-state index in [1.807, 2.05) is 97.1 Å². The summed E-state index contributed by atoms with van der Waals surface area (Å²) in [5.74, 6) is -1.31. The fraction of sp³-hybridized carbons (Fsp3) is 0.279. The maximum atomic E-state index is 13.0. The first kappa shape index (κ1) is 38.3. The van der Waals surface area contributed by atoms with E-state index in [0.717, 1.165) is 27.8 Å². The van der Waals surface area contributed by atoms with Gasteiger partial charge in [-0.05, 0) is 58.5 Å². The minimum absolute atomic E-state index is 0.183. The predicted molar refractivity (Wildman–Crippen MR) is 197 cm³/mol. The molecule has 7 nitrogen and oxygen atoms in total. The van der Waals surface area contributed by atoms with Crippen LogP contribution in [-0.4, -0.2) is 50.8 Å². The second-order valence-corrected chi connectivity index (χ2v) is 13.1. The van der Waals surface area contributed by atoms with Crippen molar-refractivity contribution in [2.75, 3.05) is 13.7 Å². The molecule has 6 rings (SSSR count). The van der Waals surface area contributed by atoms with Crippen LogP contribution in [-0.2, 0) is 60.5 Å². The summed E-state index contributed by atoms with van der Waals surface area (Å²) in [6.07, 6.45) is -5.26. The summed E-state index contributed by atoms with van der Waals surface area (Å²) in [7, 11) is 1.51. The Bertz CT molecular complexity index is 1870. The van der Waals surface area contributed by atoms with Crippen LogP contribution in [0.25, 0.3) is 0 Å². The average molecular weight is 743 g/mol. The van der Waals surface area contributed by atoms with Crippen LogP contribution in [0.15, 0.2) is 133 Å². The standard InChI is InChI=1S/C43H41ClF2O7/c1-48-43(35-19-22-37(44)34(24-35)23-30-17-20-36(21-18-30)49-29-39(45)46)42(52-28-33-15-9-4-10-16-33)41(51-27-32-13-7-3-8-14-32)40(38(25-47)53-43)50-26-31-11-5-2-6-12-31/h2-22,24-25,38-42H,23,26-29H2,1H3. The number of methoxy groups -OCH3 is 1. The minimum Gasteiger partial charge on any atom is -0.488 e. The van der Waals surface area contributed by atoms with Crippen molar-refractivity contribution in [3.05, 3.63) is 172 Å². The molecule has 1 heterocycles. The average Bonchev–Trinajstić information content (AvgIpc) is 3.20. The number of carbonyl (C=O) groups excluding carboxylic acids is 1. The fourth-order valence-corrected chi connectivity index (χ4v) is 6.60. The third-order valence-electron chi connectivity index (χ3n) is 9.05. The van der Waals surface area contributed by atoms with Gasteiger partial charge in [0.25, 0.3) is 6.43 Å². The van der Waals surface area contributed by atoms with Crippen LogP contribution in [0.1, 0.15) is 33.4 Å². The van der Waals surface area contributed by atoms with Gasteiger partial charge in [0.1, 0.15) is 36.8 Å². The summed E-state index contributed by atoms with van der Waals surface area (Å²) < 4.78 is 63.5. The van der Waals surface area contributed by atoms with E-state index in [1.54, 1.807) is 36.4 Å². The Balaban J connectivity index is 1.38. The summed E-state index contributed by atoms with van der Waals surface area (Å²) in [6, 6.07) is 41.4. The Labute approximate surface area is 313 Å². The van der Waals surface area contributed by atoms with E-state index < -0.39 is 43.2 Å². The normalized spacial score (nSPS) is 21.4. The molecule has 0 bridgehead atoms. The first-order valence-corrected chi connectivity index (χ1v) is 17.7. The molecule has 53 heavy (non-hydrogen) atoms. The first-order valence-electron chi connectivity index (χ1n) is 17.3. The van der Waals surface area contributed by atoms with Gasteiger partial charge in [0.05, 0.1) is 19.8 Å². The number of alkyl halides is 2. The molecule has 1 aliphatic heterocycles. The molecule has 0 spiro atoms. The number of halogens is 3. The lowest BCUT2D eigenvalue weighted by Crippen LogP contribution is -2.65. The third-order valence-corrected chi connectivity index (χ3v) is 9.42. The van der Waals surface area contributed by atoms with Gasteiger partial charge in [0, 0.05) is 17.7 Å². The highest BCUT2D eigenvalue weighted by Gasteiger charge is 2.58. The Morgan fingerprint density at radius 1 is 0.717 bits per heavy atom. The van der Waals surface area contributed by atoms with E-state index >= 15 is 0 Å². The largest absolute Gasteiger partial charge is 0.488 e. The molecular formula is C43H41ClF2O7. The molecule has 10 heteroatoms. The van der Waals surface area contributed by atoms with Gasteiger partial charge >= 0.3 is 0 Å². The monoisotopic (exact) mass is 742 g/mol. The Hall–Kier alpha value is -4.48. The van der Waals surface area contributed by atoms with Crippen molar-refractivity contribution in [3.63, 3.8) is 0 Å². The predicted octanol–water partition coefficient (Wildman–Crippen LogP) is 8.73. The van der Waals surface area contributed by atoms with Gasteiger partial charge < -0.3 is 33.2 Å². The lowest BCUT2D eigenvalue weighted by Gasteiger charge is -2.51. The summed E-state index contributed by atoms with van der Waals surface area (Å²) in [6.45, 7) is -0.0956. The molecule has 5 atom stereocenters. The maximum absolute atomic E-state index is 13.0. The summed E-state index contributed by atoms with van der Waals surface area (Å²) in [5.41, 5.74) is 4.91. The number of rotatable bonds is 17. The topological polar surface area (TPSA) is 72.5 Å². The fourth-order valence-electron chi connectivity index (χ4n) is 6.41. The Morgan fingerprint density at radius 2 is 1.26 bits per heavy atom. The van der Waals surface area contributed by atoms with Crippen molar-refractivity contribution < 1.29 is 42.0 Å². The van der Waals surface area contributed by atoms with E-state index in [-0.39, 0.29) is 19.8 Å². The molecule has 0 radical (unpaired) electrons. The summed E-state index contributed by atoms with van der Waals surface area (Å²) >= 11 is 6.77. The van der Waals surface area contributed by atoms with Crippen molar-refractivity contribution >= 4 is 17.9 Å². The maximum Gasteiger partial charge on any atom is 0.272 e. The number of hydrogen-bond acceptors (Lipinski definition) is 7. The molecule has 0 N–H and O–H groups in total. The zero-order chi connectivity index (χ0) is 37.0. The second-order valence-electron chi connectivity index (χ2n) is 12.7. The minimum atomic E-state index is -2.57. The number of carbonyl (C=O) groups is 1. The van der Waals surface area contributed by atoms with E-state index in [1.165, 1.54) is 7.11 Å². The number of hydrogen-bond donors (Lipinski definition) is 0. The molecule has 5 unspecified atom stereocenters. The van der Waals surface area contributed by atoms with Crippen molar-refractivity contribution in [2.45, 2.75) is 62.9 Å². The van der Waals surface area contributed by atoms with E-state index in [2.05, 4.69) is 0 Å². The quantitative estimate of drug-likeness (QED) is 0.0883. The molecule has 0 aromatic heterocycles. The molecule has 1 saturated heterocycles. The number of benzene rings is 5. The molecule has 1 fully saturated rings. The first-order chi connectivity index (χ1) is 25.9. The zero-order valence-electron chi connectivity index (χ0n) is 29.2. The van der Waals surface area contributed by atoms with Crippen molar-refractivity contribution in [1.82, 2.24) is 0 Å². The number of ether oxygens (including phenoxy) is 6. The van der Waals surface area contributed by atoms with Crippen molar-refractivity contribution in [3.8, 4) is 5.75 Å². The van der Waals surface area contributed by atoms with Gasteiger partial charge in [-0.3, -0.25) is 0 Å². The van der Waals surface area contributed by atoms with Crippen LogP contribution in [0.4, 0.5) is 8.78 Å². The Morgan fingerprint density at radius 3 is 1.79 bits per heavy atom. The number of aldehydes is 1. The van der Waals surface area contributed by atoms with E-state index in [0.29, 0.717) is 29.0 Å². The highest BCUT2D eigenvalue weighted by Crippen LogP contribution is 2.44. The molecule has 1 aliphatic rings. The van der Waals surface area contributed by atoms with Crippen LogP contribution < -0.4 is 4.74 Å². The molecule has 0 saturated carbocycles. The van der Waals surface area contributed by atoms with Crippen LogP contribution in [0.3, 0.4) is 0 Å². The Kier molecular flexibility index (Phi) is 13.4. The van der Waals surface area contributed by atoms with Gasteiger partial charge in [-0.1, -0.05) is 121 Å². The molecule has 5 aromatic rings. The van der Waals surface area contributed by atoms with Crippen molar-refractivity contribution in [2.24, 2.45) is 0 Å². The lowest BCUT2D eigenvalue weighted by molar-refractivity contribution is -0.373. The van der Waals surface area contributed by atoms with Crippen LogP contribution >= 0.6 is 11.6 Å². The molecule has 0 aliphatic carbocycles. The highest BCUT2D eigenvalue weighted by molar-refractivity contribution is 6.31. The molecule has 5 aromatic carbocycles. The van der Waals surface area contributed by atoms with Crippen molar-refractivity contribution in [1.29, 1.82) is 0 Å². The van der Waals surface area contributed by atoms with Crippen LogP contribution in [0.2, 0.25) is 5.02 Å². The molecular weight excluding hydrogens is 702 g/mol. The highest BCUT2D eigenvalue weighted by atomic mass is 35.5. The zero-order valence-corrected chi connectivity index (χ0v) is 29.9. The van der Waals surface area contributed by atoms with Crippen LogP contribution in [0.5, 0.6) is 5.75 Å². The lowest BCUT2D eigenvalue weighted by atomic mass is 9.86. The van der Waals surface area contributed by atoms with Gasteiger partial charge in [-0.2, -0.15) is 0 Å². The SMILES string of the molecule is COC1(c2ccc(Cl)c(Cc3ccc(OCC(F)F)cc3)c2)OC(C=O)C(OCc2ccccc2)C(OCc2ccccc2)C1OCc1ccccc1. The van der Waals surface area contributed by atoms with Gasteiger partial charge in [-0.25, -0.2) is 8.78 Å². The summed E-state index contributed by atoms with van der Waals surface area (Å²) in [4.78, 5) is 13.0. The van der Waals surface area contributed by atoms with Crippen LogP contribution in [0, 0.1) is 0 Å². The van der Waals surface area contributed by atoms with Gasteiger partial charge in [-0.15, -0.1) is 0 Å². The smallest absolute Gasteiger partial charge is 0.272 e. The summed E-state index contributed by atoms with van der Waals surface area (Å²) in [5, 5.41) is 0.489. The van der Waals surface area contributed by atoms with Gasteiger partial charge in [0.15, 0.2) is 6.29 Å². The second kappa shape index (κ2) is 18.5.